The third kappa shape index (κ3) is 7.08. The maximum Gasteiger partial charge on any atom is 0.296 e. The molecule has 0 bridgehead atoms. The van der Waals surface area contributed by atoms with Crippen molar-refractivity contribution in [1.29, 1.82) is 0 Å². The lowest BCUT2D eigenvalue weighted by Crippen LogP contribution is -2.27. The van der Waals surface area contributed by atoms with Gasteiger partial charge in [-0.05, 0) is 90.5 Å². The minimum atomic E-state index is -4.87. The number of anilines is 4. The van der Waals surface area contributed by atoms with Crippen molar-refractivity contribution in [3.8, 4) is 0 Å². The number of hydrogen-bond acceptors (Lipinski definition) is 14. The molecular weight excluding hydrogens is 687 g/mol. The van der Waals surface area contributed by atoms with E-state index >= 15 is 0 Å². The predicted octanol–water partition coefficient (Wildman–Crippen LogP) is 6.56. The molecule has 0 saturated heterocycles. The fraction of sp³-hybridized carbons (Fsp3) is 0. The molecule has 0 saturated carbocycles. The van der Waals surface area contributed by atoms with Gasteiger partial charge in [0.05, 0.1) is 33.3 Å². The fourth-order valence-electron chi connectivity index (χ4n) is 4.87. The Morgan fingerprint density at radius 1 is 0.620 bits per heavy atom. The first-order valence-electron chi connectivity index (χ1n) is 14.3. The predicted molar refractivity (Wildman–Crippen MR) is 190 cm³/mol. The molecule has 5 aromatic carbocycles. The lowest BCUT2D eigenvalue weighted by molar-refractivity contribution is 0.106. The number of hydrogen-bond donors (Lipinski definition) is 6. The van der Waals surface area contributed by atoms with Gasteiger partial charge in [-0.1, -0.05) is 12.1 Å². The van der Waals surface area contributed by atoms with E-state index in [0.717, 1.165) is 6.08 Å². The van der Waals surface area contributed by atoms with Gasteiger partial charge in [-0.15, -0.1) is 10.2 Å². The second-order valence-corrected chi connectivity index (χ2v) is 13.6. The van der Waals surface area contributed by atoms with Gasteiger partial charge < -0.3 is 17.2 Å². The van der Waals surface area contributed by atoms with E-state index in [-0.39, 0.29) is 27.4 Å². The zero-order valence-corrected chi connectivity index (χ0v) is 27.1. The molecule has 16 nitrogen and oxygen atoms in total. The van der Waals surface area contributed by atoms with Crippen LogP contribution in [-0.4, -0.2) is 37.4 Å². The highest BCUT2D eigenvalue weighted by Crippen LogP contribution is 2.34. The molecule has 0 fully saturated rings. The Bertz CT molecular complexity index is 2570. The lowest BCUT2D eigenvalue weighted by atomic mass is 9.94. The van der Waals surface area contributed by atoms with Gasteiger partial charge in [-0.3, -0.25) is 19.3 Å². The van der Waals surface area contributed by atoms with Gasteiger partial charge in [0.1, 0.15) is 10.6 Å². The zero-order chi connectivity index (χ0) is 35.8. The Labute approximate surface area is 284 Å². The molecule has 0 radical (unpaired) electrons. The highest BCUT2D eigenvalue weighted by molar-refractivity contribution is 7.91. The van der Waals surface area contributed by atoms with Crippen molar-refractivity contribution in [3.05, 3.63) is 107 Å². The molecule has 0 atom stereocenters. The van der Waals surface area contributed by atoms with E-state index in [1.165, 1.54) is 66.7 Å². The summed E-state index contributed by atoms with van der Waals surface area (Å²) in [5.41, 5.74) is 22.7. The number of Topliss-reactive ketones (excluding diaryl/α,β-unsaturated/α-hetero) is 1. The molecule has 50 heavy (non-hydrogen) atoms. The molecule has 9 N–H and O–H groups in total. The van der Waals surface area contributed by atoms with Crippen LogP contribution in [0.2, 0.25) is 0 Å². The molecule has 0 amide bonds. The molecule has 5 aromatic rings. The van der Waals surface area contributed by atoms with Gasteiger partial charge in [-0.2, -0.15) is 32.2 Å². The Morgan fingerprint density at radius 2 is 1.30 bits per heavy atom. The quantitative estimate of drug-likeness (QED) is 0.0434. The number of carbonyl (C=O) groups is 1. The summed E-state index contributed by atoms with van der Waals surface area (Å²) in [6.45, 7) is 0. The van der Waals surface area contributed by atoms with Crippen LogP contribution in [-0.2, 0) is 20.2 Å². The van der Waals surface area contributed by atoms with Crippen LogP contribution < -0.4 is 22.6 Å². The van der Waals surface area contributed by atoms with E-state index in [1.54, 1.807) is 24.3 Å². The third-order valence-corrected chi connectivity index (χ3v) is 9.07. The van der Waals surface area contributed by atoms with Crippen molar-refractivity contribution < 1.29 is 30.7 Å². The second-order valence-electron chi connectivity index (χ2n) is 10.8. The van der Waals surface area contributed by atoms with E-state index in [1.807, 2.05) is 0 Å². The number of nitrogens with two attached hydrogens (primary N) is 3. The summed E-state index contributed by atoms with van der Waals surface area (Å²) in [7, 11) is -9.34. The second kappa shape index (κ2) is 12.9. The number of azo groups is 2. The highest BCUT2D eigenvalue weighted by Gasteiger charge is 2.33. The van der Waals surface area contributed by atoms with Crippen molar-refractivity contribution in [1.82, 2.24) is 0 Å². The Kier molecular flexibility index (Phi) is 8.68. The number of rotatable bonds is 8. The number of hydrazone groups is 1. The molecule has 1 aliphatic carbocycles. The molecule has 252 valence electrons. The van der Waals surface area contributed by atoms with E-state index in [9.17, 15) is 30.7 Å². The first-order valence-corrected chi connectivity index (χ1v) is 17.2. The van der Waals surface area contributed by atoms with Gasteiger partial charge in [-0.25, -0.2) is 0 Å². The molecular formula is C32H25N9O7S2. The number of carbonyl (C=O) groups excluding carboxylic acids is 1. The average Bonchev–Trinajstić information content (AvgIpc) is 3.07. The van der Waals surface area contributed by atoms with Gasteiger partial charge in [0.15, 0.2) is 5.71 Å². The lowest BCUT2D eigenvalue weighted by Gasteiger charge is -2.16. The van der Waals surface area contributed by atoms with Crippen molar-refractivity contribution in [3.63, 3.8) is 0 Å². The summed E-state index contributed by atoms with van der Waals surface area (Å²) in [5.74, 6) is -0.801. The molecule has 6 rings (SSSR count). The van der Waals surface area contributed by atoms with Crippen LogP contribution in [0.4, 0.5) is 45.5 Å². The number of nitrogens with zero attached hydrogens (tertiary/aromatic N) is 5. The zero-order valence-electron chi connectivity index (χ0n) is 25.5. The first kappa shape index (κ1) is 33.6. The summed E-state index contributed by atoms with van der Waals surface area (Å²) >= 11 is 0. The van der Waals surface area contributed by atoms with Crippen LogP contribution in [0.5, 0.6) is 0 Å². The molecule has 0 spiro atoms. The maximum atomic E-state index is 13.5. The normalized spacial score (nSPS) is 14.4. The van der Waals surface area contributed by atoms with Gasteiger partial charge in [0, 0.05) is 27.7 Å². The number of nitrogen functional groups attached to an aromatic ring is 3. The van der Waals surface area contributed by atoms with Crippen LogP contribution in [0.1, 0.15) is 15.9 Å². The Morgan fingerprint density at radius 3 is 2.00 bits per heavy atom. The third-order valence-electron chi connectivity index (χ3n) is 7.35. The monoisotopic (exact) mass is 711 g/mol. The topological polar surface area (TPSA) is 278 Å². The Hall–Kier alpha value is -6.34. The number of allylic oxidation sites excluding steroid dienone is 1. The Balaban J connectivity index is 1.24. The summed E-state index contributed by atoms with van der Waals surface area (Å²) < 4.78 is 67.2. The van der Waals surface area contributed by atoms with Gasteiger partial charge >= 0.3 is 0 Å². The number of fused-ring (bicyclic) bond motifs is 2. The molecule has 0 aliphatic heterocycles. The minimum absolute atomic E-state index is 0.0642. The fourth-order valence-corrected chi connectivity index (χ4v) is 6.04. The number of benzene rings is 5. The SMILES string of the molecule is Nc1ccc(N=Nc2ccc3c(c2)C(=O)C(=NNc2ccc(N=Nc4ccc(N)c5ccc(S(=O)(=O)O)cc45)cc2)C(S(=O)(=O)O)=C3)c(N)c1. The van der Waals surface area contributed by atoms with Crippen LogP contribution in [0.25, 0.3) is 16.8 Å². The van der Waals surface area contributed by atoms with E-state index < -0.39 is 36.6 Å². The van der Waals surface area contributed by atoms with Crippen molar-refractivity contribution in [2.24, 2.45) is 25.6 Å². The van der Waals surface area contributed by atoms with Crippen molar-refractivity contribution in [2.45, 2.75) is 4.90 Å². The summed E-state index contributed by atoms with van der Waals surface area (Å²) in [5, 5.41) is 21.5. The summed E-state index contributed by atoms with van der Waals surface area (Å²) in [6, 6.07) is 22.2. The van der Waals surface area contributed by atoms with Gasteiger partial charge in [0.2, 0.25) is 5.78 Å². The van der Waals surface area contributed by atoms with Gasteiger partial charge in [0.25, 0.3) is 20.2 Å². The summed E-state index contributed by atoms with van der Waals surface area (Å²) in [6.07, 6.45) is 1.12. The summed E-state index contributed by atoms with van der Waals surface area (Å²) in [4.78, 5) is 12.5. The molecule has 0 aromatic heterocycles. The highest BCUT2D eigenvalue weighted by atomic mass is 32.2. The molecule has 1 aliphatic rings. The number of ketones is 1. The maximum absolute atomic E-state index is 13.5. The number of nitrogens with one attached hydrogen (secondary N) is 1. The largest absolute Gasteiger partial charge is 0.399 e. The smallest absolute Gasteiger partial charge is 0.296 e. The van der Waals surface area contributed by atoms with Crippen LogP contribution in [0, 0.1) is 0 Å². The molecule has 0 unspecified atom stereocenters. The molecule has 0 heterocycles. The van der Waals surface area contributed by atoms with Crippen LogP contribution in [0.3, 0.4) is 0 Å². The van der Waals surface area contributed by atoms with Crippen LogP contribution >= 0.6 is 0 Å². The minimum Gasteiger partial charge on any atom is -0.399 e. The van der Waals surface area contributed by atoms with E-state index in [0.29, 0.717) is 44.9 Å². The van der Waals surface area contributed by atoms with E-state index in [4.69, 9.17) is 17.2 Å². The molecule has 18 heteroatoms. The standard InChI is InChI=1S/C32H25N9O7S2/c33-18-2-11-29(27(35)14-18)40-38-21-3-1-17-13-30(50(46,47)48)31(32(42)24(17)15-21)41-37-20-6-4-19(5-7-20)36-39-28-12-10-26(34)23-9-8-22(16-25(23)28)49(43,44)45/h1-16,37H,33-35H2,(H,43,44,45)(H,46,47,48). The van der Waals surface area contributed by atoms with Crippen molar-refractivity contribution >= 4 is 94.1 Å². The first-order chi connectivity index (χ1) is 23.7. The average molecular weight is 712 g/mol. The van der Waals surface area contributed by atoms with E-state index in [2.05, 4.69) is 31.0 Å². The van der Waals surface area contributed by atoms with Crippen molar-refractivity contribution in [2.75, 3.05) is 22.6 Å². The van der Waals surface area contributed by atoms with Crippen LogP contribution in [0.15, 0.2) is 126 Å².